The average molecular weight is 284 g/mol. The van der Waals surface area contributed by atoms with Crippen LogP contribution in [-0.2, 0) is 4.74 Å². The van der Waals surface area contributed by atoms with Crippen molar-refractivity contribution in [1.29, 1.82) is 0 Å². The van der Waals surface area contributed by atoms with Crippen molar-refractivity contribution in [2.75, 3.05) is 24.7 Å². The van der Waals surface area contributed by atoms with Crippen molar-refractivity contribution in [3.63, 3.8) is 0 Å². The maximum Gasteiger partial charge on any atom is 0.0830 e. The van der Waals surface area contributed by atoms with Gasteiger partial charge in [0.15, 0.2) is 0 Å². The molecule has 4 heteroatoms. The number of rotatable bonds is 0. The number of halogens is 1. The predicted molar refractivity (Wildman–Crippen MR) is 65.7 cm³/mol. The Morgan fingerprint density at radius 2 is 2.31 bits per heavy atom. The summed E-state index contributed by atoms with van der Waals surface area (Å²) in [4.78, 5) is 2.36. The Labute approximate surface area is 103 Å². The third-order valence-electron chi connectivity index (χ3n) is 3.38. The Morgan fingerprint density at radius 1 is 1.44 bits per heavy atom. The van der Waals surface area contributed by atoms with Crippen molar-refractivity contribution in [3.8, 4) is 0 Å². The lowest BCUT2D eigenvalue weighted by Gasteiger charge is -2.43. The van der Waals surface area contributed by atoms with Gasteiger partial charge in [-0.25, -0.2) is 0 Å². The molecule has 86 valence electrons. The predicted octanol–water partition coefficient (Wildman–Crippen LogP) is 2.09. The van der Waals surface area contributed by atoms with E-state index in [4.69, 9.17) is 4.74 Å². The van der Waals surface area contributed by atoms with E-state index in [9.17, 15) is 5.11 Å². The molecular formula is C12H14BrNO2. The van der Waals surface area contributed by atoms with Crippen molar-refractivity contribution < 1.29 is 9.84 Å². The standard InChI is InChI=1S/C12H14BrNO2/c13-8-1-2-10-11(5-8)14-3-4-16-7-9(14)6-12(10)15/h1-2,5,9,12,15H,3-4,6-7H2. The van der Waals surface area contributed by atoms with Gasteiger partial charge in [-0.2, -0.15) is 0 Å². The molecule has 0 bridgehead atoms. The molecule has 0 radical (unpaired) electrons. The summed E-state index contributed by atoms with van der Waals surface area (Å²) >= 11 is 3.49. The van der Waals surface area contributed by atoms with Gasteiger partial charge in [-0.1, -0.05) is 22.0 Å². The number of benzene rings is 1. The van der Waals surface area contributed by atoms with Gasteiger partial charge < -0.3 is 14.7 Å². The lowest BCUT2D eigenvalue weighted by Crippen LogP contribution is -2.49. The molecule has 3 nitrogen and oxygen atoms in total. The minimum absolute atomic E-state index is 0.325. The molecule has 3 rings (SSSR count). The first-order valence-electron chi connectivity index (χ1n) is 5.57. The van der Waals surface area contributed by atoms with Crippen molar-refractivity contribution >= 4 is 21.6 Å². The lowest BCUT2D eigenvalue weighted by atomic mass is 9.93. The molecule has 1 aromatic carbocycles. The zero-order valence-electron chi connectivity index (χ0n) is 8.90. The summed E-state index contributed by atoms with van der Waals surface area (Å²) in [5.41, 5.74) is 2.20. The van der Waals surface area contributed by atoms with E-state index < -0.39 is 0 Å². The maximum atomic E-state index is 10.1. The zero-order chi connectivity index (χ0) is 11.1. The van der Waals surface area contributed by atoms with Crippen molar-refractivity contribution in [2.45, 2.75) is 18.6 Å². The van der Waals surface area contributed by atoms with Crippen molar-refractivity contribution in [1.82, 2.24) is 0 Å². The number of aliphatic hydroxyl groups excluding tert-OH is 1. The first-order valence-corrected chi connectivity index (χ1v) is 6.37. The highest BCUT2D eigenvalue weighted by atomic mass is 79.9. The van der Waals surface area contributed by atoms with Gasteiger partial charge in [0.25, 0.3) is 0 Å². The van der Waals surface area contributed by atoms with Crippen LogP contribution in [0.1, 0.15) is 18.1 Å². The molecule has 16 heavy (non-hydrogen) atoms. The van der Waals surface area contributed by atoms with E-state index in [0.717, 1.165) is 41.9 Å². The number of ether oxygens (including phenoxy) is 1. The van der Waals surface area contributed by atoms with Crippen LogP contribution in [0.4, 0.5) is 5.69 Å². The number of nitrogens with zero attached hydrogens (tertiary/aromatic N) is 1. The summed E-state index contributed by atoms with van der Waals surface area (Å²) < 4.78 is 6.53. The van der Waals surface area contributed by atoms with Crippen LogP contribution in [0.3, 0.4) is 0 Å². The lowest BCUT2D eigenvalue weighted by molar-refractivity contribution is 0.0611. The Kier molecular flexibility index (Phi) is 2.65. The molecule has 1 N–H and O–H groups in total. The van der Waals surface area contributed by atoms with E-state index in [1.165, 1.54) is 0 Å². The minimum atomic E-state index is -0.356. The molecular weight excluding hydrogens is 270 g/mol. The highest BCUT2D eigenvalue weighted by molar-refractivity contribution is 9.10. The van der Waals surface area contributed by atoms with Gasteiger partial charge in [0.2, 0.25) is 0 Å². The number of aliphatic hydroxyl groups is 1. The van der Waals surface area contributed by atoms with Gasteiger partial charge in [0, 0.05) is 28.7 Å². The summed E-state index contributed by atoms with van der Waals surface area (Å²) in [6, 6.07) is 6.42. The van der Waals surface area contributed by atoms with Gasteiger partial charge in [0.05, 0.1) is 25.4 Å². The molecule has 1 fully saturated rings. The van der Waals surface area contributed by atoms with E-state index in [1.807, 2.05) is 12.1 Å². The Morgan fingerprint density at radius 3 is 3.19 bits per heavy atom. The van der Waals surface area contributed by atoms with Crippen LogP contribution in [0.25, 0.3) is 0 Å². The Hall–Kier alpha value is -0.580. The van der Waals surface area contributed by atoms with E-state index in [-0.39, 0.29) is 6.10 Å². The van der Waals surface area contributed by atoms with Crippen LogP contribution in [-0.4, -0.2) is 30.9 Å². The largest absolute Gasteiger partial charge is 0.388 e. The quantitative estimate of drug-likeness (QED) is 0.792. The molecule has 2 unspecified atom stereocenters. The molecule has 2 heterocycles. The zero-order valence-corrected chi connectivity index (χ0v) is 10.5. The van der Waals surface area contributed by atoms with Gasteiger partial charge >= 0.3 is 0 Å². The van der Waals surface area contributed by atoms with E-state index in [2.05, 4.69) is 26.9 Å². The second kappa shape index (κ2) is 4.02. The SMILES string of the molecule is OC1CC2COCCN2c2cc(Br)ccc21. The van der Waals surface area contributed by atoms with Crippen LogP contribution < -0.4 is 4.90 Å². The highest BCUT2D eigenvalue weighted by Crippen LogP contribution is 2.39. The molecule has 2 atom stereocenters. The number of anilines is 1. The number of hydrogen-bond acceptors (Lipinski definition) is 3. The fraction of sp³-hybridized carbons (Fsp3) is 0.500. The highest BCUT2D eigenvalue weighted by Gasteiger charge is 2.33. The number of hydrogen-bond donors (Lipinski definition) is 1. The summed E-state index contributed by atoms with van der Waals surface area (Å²) in [6.07, 6.45) is 0.417. The van der Waals surface area contributed by atoms with Gasteiger partial charge in [-0.15, -0.1) is 0 Å². The van der Waals surface area contributed by atoms with Crippen LogP contribution in [0, 0.1) is 0 Å². The minimum Gasteiger partial charge on any atom is -0.388 e. The smallest absolute Gasteiger partial charge is 0.0830 e. The number of morpholine rings is 1. The van der Waals surface area contributed by atoms with Gasteiger partial charge in [0.1, 0.15) is 0 Å². The first kappa shape index (κ1) is 10.6. The average Bonchev–Trinajstić information content (AvgIpc) is 2.29. The summed E-state index contributed by atoms with van der Waals surface area (Å²) in [7, 11) is 0. The molecule has 0 aliphatic carbocycles. The second-order valence-corrected chi connectivity index (χ2v) is 5.29. The van der Waals surface area contributed by atoms with E-state index >= 15 is 0 Å². The Balaban J connectivity index is 2.05. The molecule has 0 amide bonds. The van der Waals surface area contributed by atoms with Gasteiger partial charge in [-0.05, 0) is 12.1 Å². The normalized spacial score (nSPS) is 28.5. The third kappa shape index (κ3) is 1.65. The van der Waals surface area contributed by atoms with E-state index in [1.54, 1.807) is 0 Å². The molecule has 0 spiro atoms. The van der Waals surface area contributed by atoms with Gasteiger partial charge in [-0.3, -0.25) is 0 Å². The first-order chi connectivity index (χ1) is 7.75. The van der Waals surface area contributed by atoms with Crippen LogP contribution >= 0.6 is 15.9 Å². The molecule has 0 aromatic heterocycles. The van der Waals surface area contributed by atoms with Crippen molar-refractivity contribution in [3.05, 3.63) is 28.2 Å². The van der Waals surface area contributed by atoms with Crippen molar-refractivity contribution in [2.24, 2.45) is 0 Å². The van der Waals surface area contributed by atoms with E-state index in [0.29, 0.717) is 6.04 Å². The van der Waals surface area contributed by atoms with Crippen LogP contribution in [0.15, 0.2) is 22.7 Å². The summed E-state index contributed by atoms with van der Waals surface area (Å²) in [6.45, 7) is 2.42. The monoisotopic (exact) mass is 283 g/mol. The number of fused-ring (bicyclic) bond motifs is 3. The fourth-order valence-electron chi connectivity index (χ4n) is 2.60. The molecule has 0 saturated carbocycles. The van der Waals surface area contributed by atoms with Crippen LogP contribution in [0.2, 0.25) is 0 Å². The topological polar surface area (TPSA) is 32.7 Å². The Bertz CT molecular complexity index is 410. The molecule has 1 aromatic rings. The fourth-order valence-corrected chi connectivity index (χ4v) is 2.95. The maximum absolute atomic E-state index is 10.1. The molecule has 2 aliphatic rings. The molecule has 2 aliphatic heterocycles. The summed E-state index contributed by atoms with van der Waals surface area (Å²) in [5.74, 6) is 0. The molecule has 1 saturated heterocycles. The second-order valence-electron chi connectivity index (χ2n) is 4.38. The third-order valence-corrected chi connectivity index (χ3v) is 3.88. The summed E-state index contributed by atoms with van der Waals surface area (Å²) in [5, 5.41) is 10.1. The van der Waals surface area contributed by atoms with Crippen LogP contribution in [0.5, 0.6) is 0 Å².